The van der Waals surface area contributed by atoms with E-state index in [0.29, 0.717) is 10.4 Å². The minimum atomic E-state index is 0.174. The molecule has 1 heterocycles. The summed E-state index contributed by atoms with van der Waals surface area (Å²) < 4.78 is 0.393. The van der Waals surface area contributed by atoms with Gasteiger partial charge in [0.2, 0.25) is 0 Å². The molecule has 0 aromatic heterocycles. The predicted molar refractivity (Wildman–Crippen MR) is 66.1 cm³/mol. The van der Waals surface area contributed by atoms with Crippen molar-refractivity contribution < 1.29 is 4.79 Å². The first-order valence-corrected chi connectivity index (χ1v) is 6.83. The summed E-state index contributed by atoms with van der Waals surface area (Å²) in [5, 5.41) is 4.18. The van der Waals surface area contributed by atoms with Crippen LogP contribution in [0, 0.1) is 5.92 Å². The van der Waals surface area contributed by atoms with E-state index in [1.54, 1.807) is 23.5 Å². The van der Waals surface area contributed by atoms with Crippen LogP contribution in [0.3, 0.4) is 0 Å². The van der Waals surface area contributed by atoms with Crippen molar-refractivity contribution in [2.75, 3.05) is 0 Å². The van der Waals surface area contributed by atoms with Crippen molar-refractivity contribution in [1.29, 1.82) is 0 Å². The Hall–Kier alpha value is -0.670. The quantitative estimate of drug-likeness (QED) is 0.742. The van der Waals surface area contributed by atoms with Crippen LogP contribution >= 0.6 is 23.5 Å². The zero-order valence-electron chi connectivity index (χ0n) is 8.05. The Balaban J connectivity index is 1.90. The van der Waals surface area contributed by atoms with Crippen molar-refractivity contribution >= 4 is 29.3 Å². The summed E-state index contributed by atoms with van der Waals surface area (Å²) in [5.74, 6) is 0.506. The summed E-state index contributed by atoms with van der Waals surface area (Å²) in [6, 6.07) is 7.99. The minimum absolute atomic E-state index is 0.174. The van der Waals surface area contributed by atoms with Gasteiger partial charge in [0, 0.05) is 11.5 Å². The molecular formula is C12H10OS2. The van der Waals surface area contributed by atoms with Crippen molar-refractivity contribution in [1.82, 2.24) is 0 Å². The molecule has 1 aliphatic carbocycles. The second-order valence-corrected chi connectivity index (χ2v) is 6.15. The maximum atomic E-state index is 12.1. The Kier molecular flexibility index (Phi) is 2.37. The van der Waals surface area contributed by atoms with Crippen LogP contribution < -0.4 is 0 Å². The number of carbonyl (C=O) groups excluding carboxylic acids is 1. The smallest absolute Gasteiger partial charge is 0.168 e. The highest BCUT2D eigenvalue weighted by molar-refractivity contribution is 8.22. The van der Waals surface area contributed by atoms with Crippen molar-refractivity contribution in [2.45, 2.75) is 11.0 Å². The molecule has 1 unspecified atom stereocenters. The van der Waals surface area contributed by atoms with Gasteiger partial charge in [0.1, 0.15) is 0 Å². The number of hydrogen-bond donors (Lipinski definition) is 0. The molecule has 1 aliphatic heterocycles. The lowest BCUT2D eigenvalue weighted by atomic mass is 10.1. The van der Waals surface area contributed by atoms with E-state index >= 15 is 0 Å². The molecule has 0 bridgehead atoms. The zero-order valence-corrected chi connectivity index (χ0v) is 9.68. The molecule has 76 valence electrons. The SMILES string of the molecule is O=C1c2ccccc2CC1C1SC=CS1. The van der Waals surface area contributed by atoms with Crippen LogP contribution in [0.4, 0.5) is 0 Å². The second kappa shape index (κ2) is 3.72. The lowest BCUT2D eigenvalue weighted by Gasteiger charge is -2.13. The molecule has 3 heteroatoms. The average molecular weight is 234 g/mol. The van der Waals surface area contributed by atoms with Crippen LogP contribution in [-0.4, -0.2) is 10.4 Å². The molecule has 0 amide bonds. The van der Waals surface area contributed by atoms with Crippen molar-refractivity contribution in [3.63, 3.8) is 0 Å². The maximum Gasteiger partial charge on any atom is 0.168 e. The first-order valence-electron chi connectivity index (χ1n) is 4.94. The van der Waals surface area contributed by atoms with Gasteiger partial charge in [-0.25, -0.2) is 0 Å². The van der Waals surface area contributed by atoms with Gasteiger partial charge in [0.05, 0.1) is 4.58 Å². The van der Waals surface area contributed by atoms with Gasteiger partial charge in [-0.15, -0.1) is 23.5 Å². The third kappa shape index (κ3) is 1.54. The number of hydrogen-bond acceptors (Lipinski definition) is 3. The van der Waals surface area contributed by atoms with Gasteiger partial charge in [0.25, 0.3) is 0 Å². The Morgan fingerprint density at radius 1 is 1.13 bits per heavy atom. The summed E-state index contributed by atoms with van der Waals surface area (Å²) in [7, 11) is 0. The van der Waals surface area contributed by atoms with Crippen molar-refractivity contribution in [3.8, 4) is 0 Å². The molecule has 1 aromatic carbocycles. The van der Waals surface area contributed by atoms with Gasteiger partial charge >= 0.3 is 0 Å². The molecule has 0 N–H and O–H groups in total. The van der Waals surface area contributed by atoms with E-state index in [1.807, 2.05) is 18.2 Å². The minimum Gasteiger partial charge on any atom is -0.294 e. The lowest BCUT2D eigenvalue weighted by molar-refractivity contribution is 0.0945. The Bertz CT molecular complexity index is 431. The van der Waals surface area contributed by atoms with Crippen LogP contribution in [0.5, 0.6) is 0 Å². The van der Waals surface area contributed by atoms with E-state index in [2.05, 4.69) is 16.9 Å². The largest absolute Gasteiger partial charge is 0.294 e. The predicted octanol–water partition coefficient (Wildman–Crippen LogP) is 3.32. The summed E-state index contributed by atoms with van der Waals surface area (Å²) in [5.41, 5.74) is 2.16. The summed E-state index contributed by atoms with van der Waals surface area (Å²) in [6.07, 6.45) is 0.918. The number of Topliss-reactive ketones (excluding diaryl/α,β-unsaturated/α-hetero) is 1. The molecule has 2 aliphatic rings. The van der Waals surface area contributed by atoms with Gasteiger partial charge in [-0.1, -0.05) is 24.3 Å². The Morgan fingerprint density at radius 3 is 2.60 bits per heavy atom. The van der Waals surface area contributed by atoms with Crippen molar-refractivity contribution in [3.05, 3.63) is 46.2 Å². The number of rotatable bonds is 1. The number of thioether (sulfide) groups is 2. The average Bonchev–Trinajstić information content (AvgIpc) is 2.87. The molecule has 0 saturated carbocycles. The van der Waals surface area contributed by atoms with Gasteiger partial charge in [0.15, 0.2) is 5.78 Å². The maximum absolute atomic E-state index is 12.1. The van der Waals surface area contributed by atoms with E-state index in [0.717, 1.165) is 12.0 Å². The molecule has 0 radical (unpaired) electrons. The fraction of sp³-hybridized carbons (Fsp3) is 0.250. The van der Waals surface area contributed by atoms with Gasteiger partial charge < -0.3 is 0 Å². The van der Waals surface area contributed by atoms with Crippen LogP contribution in [-0.2, 0) is 6.42 Å². The fourth-order valence-electron chi connectivity index (χ4n) is 2.13. The molecule has 15 heavy (non-hydrogen) atoms. The van der Waals surface area contributed by atoms with Gasteiger partial charge in [-0.3, -0.25) is 4.79 Å². The standard InChI is InChI=1S/C12H10OS2/c13-11-9-4-2-1-3-8(9)7-10(11)12-14-5-6-15-12/h1-6,10,12H,7H2. The molecule has 3 rings (SSSR count). The Labute approximate surface area is 97.3 Å². The highest BCUT2D eigenvalue weighted by Crippen LogP contribution is 2.43. The highest BCUT2D eigenvalue weighted by atomic mass is 32.2. The molecule has 0 spiro atoms. The summed E-state index contributed by atoms with van der Waals surface area (Å²) in [4.78, 5) is 12.1. The lowest BCUT2D eigenvalue weighted by Crippen LogP contribution is -2.18. The van der Waals surface area contributed by atoms with E-state index in [4.69, 9.17) is 0 Å². The first-order chi connectivity index (χ1) is 7.36. The number of carbonyl (C=O) groups is 1. The van der Waals surface area contributed by atoms with Gasteiger partial charge in [-0.05, 0) is 22.8 Å². The summed E-state index contributed by atoms with van der Waals surface area (Å²) >= 11 is 3.55. The van der Waals surface area contributed by atoms with Gasteiger partial charge in [-0.2, -0.15) is 0 Å². The van der Waals surface area contributed by atoms with Crippen LogP contribution in [0.25, 0.3) is 0 Å². The highest BCUT2D eigenvalue weighted by Gasteiger charge is 2.36. The van der Waals surface area contributed by atoms with E-state index in [-0.39, 0.29) is 5.92 Å². The normalized spacial score (nSPS) is 24.8. The van der Waals surface area contributed by atoms with Crippen LogP contribution in [0.15, 0.2) is 35.1 Å². The second-order valence-electron chi connectivity index (χ2n) is 3.74. The molecule has 0 saturated heterocycles. The zero-order chi connectivity index (χ0) is 10.3. The number of benzene rings is 1. The summed E-state index contributed by atoms with van der Waals surface area (Å²) in [6.45, 7) is 0. The first kappa shape index (κ1) is 9.55. The fourth-order valence-corrected chi connectivity index (χ4v) is 4.41. The van der Waals surface area contributed by atoms with Crippen molar-refractivity contribution in [2.24, 2.45) is 5.92 Å². The number of ketones is 1. The van der Waals surface area contributed by atoms with E-state index in [1.165, 1.54) is 5.56 Å². The third-order valence-electron chi connectivity index (χ3n) is 2.87. The molecule has 1 atom stereocenters. The topological polar surface area (TPSA) is 17.1 Å². The molecule has 1 nitrogen and oxygen atoms in total. The van der Waals surface area contributed by atoms with E-state index < -0.39 is 0 Å². The molecule has 0 fully saturated rings. The monoisotopic (exact) mass is 234 g/mol. The molecular weight excluding hydrogens is 224 g/mol. The Morgan fingerprint density at radius 2 is 1.87 bits per heavy atom. The van der Waals surface area contributed by atoms with E-state index in [9.17, 15) is 4.79 Å². The third-order valence-corrected chi connectivity index (χ3v) is 5.49. The van der Waals surface area contributed by atoms with Crippen LogP contribution in [0.2, 0.25) is 0 Å². The number of fused-ring (bicyclic) bond motifs is 1. The molecule has 1 aromatic rings. The van der Waals surface area contributed by atoms with Crippen LogP contribution in [0.1, 0.15) is 15.9 Å².